The predicted molar refractivity (Wildman–Crippen MR) is 238 cm³/mol. The van der Waals surface area contributed by atoms with Crippen LogP contribution >= 0.6 is 0 Å². The van der Waals surface area contributed by atoms with Crippen molar-refractivity contribution >= 4 is 24.1 Å². The number of amides is 2. The van der Waals surface area contributed by atoms with Gasteiger partial charge in [-0.1, -0.05) is 26.0 Å². The average Bonchev–Trinajstić information content (AvgIpc) is 3.65. The van der Waals surface area contributed by atoms with Gasteiger partial charge in [0.2, 0.25) is 0 Å². The van der Waals surface area contributed by atoms with E-state index in [1.807, 2.05) is 6.20 Å². The van der Waals surface area contributed by atoms with Gasteiger partial charge in [-0.05, 0) is 72.6 Å². The standard InChI is InChI=1S/C43H82N6O13.CO2/c1-41(2,3)37(46-40(52)45-35(32-39(51)62-43(7,8)9)13-14-38(50)61-42(4,5)6)12-10-11-16-49-33-36(47-48-49)34-60-31-30-59-29-28-58-27-26-57-25-24-56-23-22-55-21-20-54-19-18-53-17-15-44;2-1-3/h33,35,37H,10-32,34,44H2,1-9H3,(H2,45,46,52);/t35-,37-;/m0./s1. The monoisotopic (exact) mass is 935 g/mol. The zero-order chi connectivity index (χ0) is 48.8. The smallest absolute Gasteiger partial charge is 0.373 e. The molecule has 378 valence electrons. The highest BCUT2D eigenvalue weighted by Gasteiger charge is 2.28. The summed E-state index contributed by atoms with van der Waals surface area (Å²) in [7, 11) is 0. The van der Waals surface area contributed by atoms with Gasteiger partial charge in [0.05, 0.1) is 118 Å². The third-order valence-corrected chi connectivity index (χ3v) is 8.47. The van der Waals surface area contributed by atoms with Crippen molar-refractivity contribution in [2.75, 3.05) is 106 Å². The summed E-state index contributed by atoms with van der Waals surface area (Å²) in [6, 6.07) is -1.17. The van der Waals surface area contributed by atoms with Crippen molar-refractivity contribution in [3.8, 4) is 0 Å². The second-order valence-corrected chi connectivity index (χ2v) is 17.8. The van der Waals surface area contributed by atoms with Gasteiger partial charge in [-0.3, -0.25) is 14.3 Å². The van der Waals surface area contributed by atoms with E-state index in [0.717, 1.165) is 25.0 Å². The molecule has 0 fully saturated rings. The Balaban J connectivity index is 0.0000132. The number of nitrogens with zero attached hydrogens (tertiary/aromatic N) is 3. The summed E-state index contributed by atoms with van der Waals surface area (Å²) in [6.07, 6.45) is 4.73. The molecule has 0 spiro atoms. The fourth-order valence-electron chi connectivity index (χ4n) is 5.54. The number of aryl methyl sites for hydroxylation is 1. The molecule has 1 aromatic heterocycles. The van der Waals surface area contributed by atoms with E-state index >= 15 is 0 Å². The largest absolute Gasteiger partial charge is 0.460 e. The molecular formula is C44H82N6O15. The van der Waals surface area contributed by atoms with Crippen molar-refractivity contribution in [3.63, 3.8) is 0 Å². The first-order valence-electron chi connectivity index (χ1n) is 22.5. The topological polar surface area (TPSA) is 258 Å². The summed E-state index contributed by atoms with van der Waals surface area (Å²) in [6.45, 7) is 25.8. The van der Waals surface area contributed by atoms with Crippen molar-refractivity contribution in [3.05, 3.63) is 11.9 Å². The Bertz CT molecular complexity index is 1390. The van der Waals surface area contributed by atoms with Crippen LogP contribution in [0.4, 0.5) is 4.79 Å². The first kappa shape index (κ1) is 61.4. The van der Waals surface area contributed by atoms with E-state index in [0.29, 0.717) is 119 Å². The number of nitrogens with one attached hydrogen (secondary N) is 2. The van der Waals surface area contributed by atoms with Crippen LogP contribution in [0.15, 0.2) is 6.20 Å². The highest BCUT2D eigenvalue weighted by Crippen LogP contribution is 2.24. The molecule has 0 unspecified atom stereocenters. The predicted octanol–water partition coefficient (Wildman–Crippen LogP) is 3.39. The molecule has 0 aliphatic heterocycles. The number of aromatic nitrogens is 3. The van der Waals surface area contributed by atoms with Gasteiger partial charge in [0.25, 0.3) is 0 Å². The number of carbonyl (C=O) groups excluding carboxylic acids is 5. The minimum atomic E-state index is -0.673. The molecule has 4 N–H and O–H groups in total. The second-order valence-electron chi connectivity index (χ2n) is 17.8. The second kappa shape index (κ2) is 37.5. The SMILES string of the molecule is CC(C)(C)OC(=O)CC[C@@H](CC(=O)OC(C)(C)C)NC(=O)N[C@@H](CCCCn1cc(COCCOCCOCCOCCOCCOCCOCCOCCN)nn1)C(C)(C)C.O=C=O. The summed E-state index contributed by atoms with van der Waals surface area (Å²) in [5.74, 6) is -0.849. The zero-order valence-corrected chi connectivity index (χ0v) is 40.7. The van der Waals surface area contributed by atoms with Gasteiger partial charge >= 0.3 is 24.1 Å². The molecule has 2 atom stereocenters. The van der Waals surface area contributed by atoms with Gasteiger partial charge in [-0.25, -0.2) is 4.79 Å². The van der Waals surface area contributed by atoms with Crippen LogP contribution in [0, 0.1) is 5.41 Å². The Morgan fingerprint density at radius 2 is 1.06 bits per heavy atom. The van der Waals surface area contributed by atoms with Gasteiger partial charge in [-0.15, -0.1) is 5.10 Å². The number of unbranched alkanes of at least 4 members (excludes halogenated alkanes) is 1. The van der Waals surface area contributed by atoms with E-state index in [1.54, 1.807) is 46.2 Å². The van der Waals surface area contributed by atoms with Crippen LogP contribution in [0.2, 0.25) is 0 Å². The normalized spacial score (nSPS) is 12.7. The molecule has 65 heavy (non-hydrogen) atoms. The van der Waals surface area contributed by atoms with Crippen LogP contribution in [0.1, 0.15) is 107 Å². The van der Waals surface area contributed by atoms with E-state index in [4.69, 9.17) is 62.7 Å². The van der Waals surface area contributed by atoms with Crippen molar-refractivity contribution in [2.24, 2.45) is 11.1 Å². The lowest BCUT2D eigenvalue weighted by Crippen LogP contribution is -2.51. The van der Waals surface area contributed by atoms with Crippen molar-refractivity contribution in [1.82, 2.24) is 25.6 Å². The summed E-state index contributed by atoms with van der Waals surface area (Å²) < 4.78 is 56.5. The third-order valence-electron chi connectivity index (χ3n) is 8.47. The zero-order valence-electron chi connectivity index (χ0n) is 40.7. The Kier molecular flexibility index (Phi) is 35.4. The van der Waals surface area contributed by atoms with Crippen LogP contribution < -0.4 is 16.4 Å². The number of nitrogens with two attached hydrogens (primary N) is 1. The molecule has 0 bridgehead atoms. The van der Waals surface area contributed by atoms with Gasteiger partial charge in [0.15, 0.2) is 0 Å². The summed E-state index contributed by atoms with van der Waals surface area (Å²) in [5.41, 5.74) is 4.54. The Labute approximate surface area is 386 Å². The maximum Gasteiger partial charge on any atom is 0.373 e. The molecule has 0 saturated heterocycles. The molecule has 2 amide bonds. The van der Waals surface area contributed by atoms with Crippen LogP contribution in [0.5, 0.6) is 0 Å². The first-order valence-corrected chi connectivity index (χ1v) is 22.5. The molecule has 0 aliphatic rings. The van der Waals surface area contributed by atoms with Gasteiger partial charge in [0.1, 0.15) is 16.9 Å². The van der Waals surface area contributed by atoms with E-state index < -0.39 is 35.2 Å². The summed E-state index contributed by atoms with van der Waals surface area (Å²) in [5, 5.41) is 14.5. The maximum absolute atomic E-state index is 13.3. The highest BCUT2D eigenvalue weighted by molar-refractivity contribution is 5.77. The van der Waals surface area contributed by atoms with E-state index in [9.17, 15) is 14.4 Å². The number of hydrogen-bond donors (Lipinski definition) is 3. The van der Waals surface area contributed by atoms with Crippen LogP contribution in [-0.2, 0) is 79.7 Å². The molecule has 1 rings (SSSR count). The lowest BCUT2D eigenvalue weighted by molar-refractivity contribution is -0.191. The molecule has 1 heterocycles. The third kappa shape index (κ3) is 40.4. The number of esters is 2. The molecule has 21 heteroatoms. The van der Waals surface area contributed by atoms with Gasteiger partial charge in [-0.2, -0.15) is 9.59 Å². The molecule has 21 nitrogen and oxygen atoms in total. The van der Waals surface area contributed by atoms with Crippen molar-refractivity contribution < 1.29 is 71.3 Å². The minimum absolute atomic E-state index is 0.0510. The number of rotatable bonds is 37. The molecule has 0 aliphatic carbocycles. The molecule has 0 saturated carbocycles. The Morgan fingerprint density at radius 3 is 1.49 bits per heavy atom. The van der Waals surface area contributed by atoms with Crippen LogP contribution in [0.25, 0.3) is 0 Å². The van der Waals surface area contributed by atoms with Gasteiger partial charge in [0, 0.05) is 31.6 Å². The Hall–Kier alpha value is -3.63. The van der Waals surface area contributed by atoms with Crippen LogP contribution in [-0.4, -0.2) is 168 Å². The molecule has 0 aromatic carbocycles. The minimum Gasteiger partial charge on any atom is -0.460 e. The Morgan fingerprint density at radius 1 is 0.631 bits per heavy atom. The quantitative estimate of drug-likeness (QED) is 0.0638. The average molecular weight is 935 g/mol. The number of carbonyl (C=O) groups is 3. The highest BCUT2D eigenvalue weighted by atomic mass is 16.6. The van der Waals surface area contributed by atoms with E-state index in [1.165, 1.54) is 0 Å². The lowest BCUT2D eigenvalue weighted by atomic mass is 9.84. The fourth-order valence-corrected chi connectivity index (χ4v) is 5.54. The van der Waals surface area contributed by atoms with E-state index in [2.05, 4.69) is 41.7 Å². The van der Waals surface area contributed by atoms with Crippen LogP contribution in [0.3, 0.4) is 0 Å². The number of ether oxygens (including phenoxy) is 10. The van der Waals surface area contributed by atoms with Crippen molar-refractivity contribution in [1.29, 1.82) is 0 Å². The summed E-state index contributed by atoms with van der Waals surface area (Å²) >= 11 is 0. The maximum atomic E-state index is 13.3. The van der Waals surface area contributed by atoms with Crippen molar-refractivity contribution in [2.45, 2.75) is 137 Å². The summed E-state index contributed by atoms with van der Waals surface area (Å²) in [4.78, 5) is 54.6. The molecule has 0 radical (unpaired) electrons. The van der Waals surface area contributed by atoms with Gasteiger partial charge < -0.3 is 63.7 Å². The fraction of sp³-hybridized carbons (Fsp3) is 0.864. The molecule has 1 aromatic rings. The lowest BCUT2D eigenvalue weighted by Gasteiger charge is -2.32. The first-order chi connectivity index (χ1) is 30.8. The molecular weight excluding hydrogens is 853 g/mol. The number of hydrogen-bond acceptors (Lipinski definition) is 18. The number of urea groups is 1. The van der Waals surface area contributed by atoms with E-state index in [-0.39, 0.29) is 36.9 Å².